The van der Waals surface area contributed by atoms with Gasteiger partial charge in [-0.3, -0.25) is 0 Å². The summed E-state index contributed by atoms with van der Waals surface area (Å²) in [6, 6.07) is 10.5. The summed E-state index contributed by atoms with van der Waals surface area (Å²) in [6.45, 7) is 1.06. The smallest absolute Gasteiger partial charge is 0 e. The van der Waals surface area contributed by atoms with E-state index in [-0.39, 0.29) is 1.43 Å². The molecule has 1 aromatic carbocycles. The summed E-state index contributed by atoms with van der Waals surface area (Å²) in [5.41, 5.74) is 1.40. The highest BCUT2D eigenvalue weighted by atomic mass is 14.8. The fourth-order valence-electron chi connectivity index (χ4n) is 0.914. The van der Waals surface area contributed by atoms with E-state index in [0.717, 1.165) is 13.0 Å². The molecule has 1 heteroatoms. The van der Waals surface area contributed by atoms with Crippen molar-refractivity contribution in [2.45, 2.75) is 6.42 Å². The van der Waals surface area contributed by atoms with Gasteiger partial charge in [0.05, 0.1) is 0 Å². The van der Waals surface area contributed by atoms with Crippen LogP contribution in [0.25, 0.3) is 0 Å². The summed E-state index contributed by atoms with van der Waals surface area (Å²) in [5, 5.41) is 3.12. The maximum absolute atomic E-state index is 3.12. The molecule has 0 atom stereocenters. The van der Waals surface area contributed by atoms with Crippen molar-refractivity contribution in [1.82, 2.24) is 5.32 Å². The summed E-state index contributed by atoms with van der Waals surface area (Å²) in [4.78, 5) is 0. The largest absolute Gasteiger partial charge is 0.319 e. The molecule has 0 aromatic heterocycles. The molecule has 0 fully saturated rings. The summed E-state index contributed by atoms with van der Waals surface area (Å²) in [6.07, 6.45) is 1.12. The molecule has 0 radical (unpaired) electrons. The van der Waals surface area contributed by atoms with Crippen LogP contribution >= 0.6 is 0 Å². The predicted octanol–water partition coefficient (Wildman–Crippen LogP) is 1.69. The molecule has 0 amide bonds. The van der Waals surface area contributed by atoms with E-state index >= 15 is 0 Å². The van der Waals surface area contributed by atoms with Crippen LogP contribution in [0.5, 0.6) is 0 Å². The number of benzene rings is 1. The lowest BCUT2D eigenvalue weighted by molar-refractivity contribution is 0.792. The van der Waals surface area contributed by atoms with Gasteiger partial charge in [0, 0.05) is 1.43 Å². The summed E-state index contributed by atoms with van der Waals surface area (Å²) >= 11 is 0. The standard InChI is InChI=1S/C9H13N.H2/c1-10-8-7-9-5-3-2-4-6-9;/h2-6,10H,7-8H2,1H3;1H. The molecule has 1 aromatic rings. The van der Waals surface area contributed by atoms with Gasteiger partial charge in [0.2, 0.25) is 0 Å². The van der Waals surface area contributed by atoms with Crippen LogP contribution in [0.15, 0.2) is 30.3 Å². The Hall–Kier alpha value is -0.820. The number of hydrogen-bond acceptors (Lipinski definition) is 1. The van der Waals surface area contributed by atoms with Gasteiger partial charge in [0.15, 0.2) is 0 Å². The molecule has 10 heavy (non-hydrogen) atoms. The SMILES string of the molecule is CNCCc1ccccc1.[HH]. The molecule has 0 spiro atoms. The van der Waals surface area contributed by atoms with Gasteiger partial charge in [-0.15, -0.1) is 0 Å². The second-order valence-corrected chi connectivity index (χ2v) is 2.34. The Morgan fingerprint density at radius 3 is 2.60 bits per heavy atom. The fourth-order valence-corrected chi connectivity index (χ4v) is 0.914. The molecule has 1 N–H and O–H groups in total. The zero-order valence-electron chi connectivity index (χ0n) is 6.30. The maximum atomic E-state index is 3.12. The topological polar surface area (TPSA) is 12.0 Å². The van der Waals surface area contributed by atoms with E-state index < -0.39 is 0 Å². The third-order valence-electron chi connectivity index (χ3n) is 1.51. The molecule has 0 heterocycles. The highest BCUT2D eigenvalue weighted by Gasteiger charge is 1.86. The van der Waals surface area contributed by atoms with Gasteiger partial charge >= 0.3 is 0 Å². The highest BCUT2D eigenvalue weighted by molar-refractivity contribution is 5.14. The number of nitrogens with one attached hydrogen (secondary N) is 1. The van der Waals surface area contributed by atoms with E-state index in [9.17, 15) is 0 Å². The van der Waals surface area contributed by atoms with E-state index in [1.54, 1.807) is 0 Å². The third kappa shape index (κ3) is 2.19. The molecule has 1 rings (SSSR count). The van der Waals surface area contributed by atoms with E-state index in [4.69, 9.17) is 0 Å². The van der Waals surface area contributed by atoms with E-state index in [2.05, 4.69) is 29.6 Å². The van der Waals surface area contributed by atoms with E-state index in [1.165, 1.54) is 5.56 Å². The van der Waals surface area contributed by atoms with Crippen molar-refractivity contribution in [3.05, 3.63) is 35.9 Å². The Morgan fingerprint density at radius 1 is 1.30 bits per heavy atom. The van der Waals surface area contributed by atoms with Crippen molar-refractivity contribution in [3.8, 4) is 0 Å². The molecule has 0 aliphatic carbocycles. The van der Waals surface area contributed by atoms with Gasteiger partial charge in [-0.2, -0.15) is 0 Å². The molecular formula is C9H15N. The van der Waals surface area contributed by atoms with Crippen LogP contribution in [0, 0.1) is 0 Å². The summed E-state index contributed by atoms with van der Waals surface area (Å²) in [7, 11) is 1.98. The van der Waals surface area contributed by atoms with E-state index in [0.29, 0.717) is 0 Å². The Morgan fingerprint density at radius 2 is 2.00 bits per heavy atom. The first kappa shape index (κ1) is 7.29. The monoisotopic (exact) mass is 137 g/mol. The first-order chi connectivity index (χ1) is 4.93. The van der Waals surface area contributed by atoms with Gasteiger partial charge in [0.1, 0.15) is 0 Å². The first-order valence-electron chi connectivity index (χ1n) is 3.62. The minimum atomic E-state index is 0. The quantitative estimate of drug-likeness (QED) is 0.668. The molecule has 0 unspecified atom stereocenters. The van der Waals surface area contributed by atoms with Gasteiger partial charge in [-0.25, -0.2) is 0 Å². The number of rotatable bonds is 3. The van der Waals surface area contributed by atoms with Crippen molar-refractivity contribution in [2.24, 2.45) is 0 Å². The Labute approximate surface area is 63.6 Å². The van der Waals surface area contributed by atoms with Crippen molar-refractivity contribution < 1.29 is 1.43 Å². The van der Waals surface area contributed by atoms with Crippen LogP contribution in [0.3, 0.4) is 0 Å². The van der Waals surface area contributed by atoms with Crippen LogP contribution in [0.4, 0.5) is 0 Å². The minimum absolute atomic E-state index is 0. The van der Waals surface area contributed by atoms with Crippen molar-refractivity contribution in [3.63, 3.8) is 0 Å². The Balaban J connectivity index is 0.000001000. The zero-order valence-corrected chi connectivity index (χ0v) is 6.30. The normalized spacial score (nSPS) is 9.70. The van der Waals surface area contributed by atoms with Crippen LogP contribution in [0.1, 0.15) is 6.99 Å². The maximum Gasteiger partial charge on any atom is 0 e. The van der Waals surface area contributed by atoms with Crippen LogP contribution in [-0.2, 0) is 6.42 Å². The molecule has 56 valence electrons. The molecule has 0 saturated carbocycles. The van der Waals surface area contributed by atoms with Gasteiger partial charge in [-0.1, -0.05) is 30.3 Å². The summed E-state index contributed by atoms with van der Waals surface area (Å²) in [5.74, 6) is 0. The average molecular weight is 137 g/mol. The second kappa shape index (κ2) is 4.07. The molecular weight excluding hydrogens is 122 g/mol. The van der Waals surface area contributed by atoms with Gasteiger partial charge in [-0.05, 0) is 25.6 Å². The fraction of sp³-hybridized carbons (Fsp3) is 0.333. The number of hydrogen-bond donors (Lipinski definition) is 1. The molecule has 0 aliphatic heterocycles. The lowest BCUT2D eigenvalue weighted by atomic mass is 10.2. The average Bonchev–Trinajstić information content (AvgIpc) is 2.03. The predicted molar refractivity (Wildman–Crippen MR) is 46.2 cm³/mol. The van der Waals surface area contributed by atoms with Gasteiger partial charge in [0.25, 0.3) is 0 Å². The highest BCUT2D eigenvalue weighted by Crippen LogP contribution is 1.97. The lowest BCUT2D eigenvalue weighted by Crippen LogP contribution is -2.09. The first-order valence-corrected chi connectivity index (χ1v) is 3.62. The molecule has 0 bridgehead atoms. The number of likely N-dealkylation sites (N-methyl/N-ethyl adjacent to an activating group) is 1. The Kier molecular flexibility index (Phi) is 2.97. The molecule has 0 aliphatic rings. The molecule has 0 saturated heterocycles. The summed E-state index contributed by atoms with van der Waals surface area (Å²) < 4.78 is 0. The minimum Gasteiger partial charge on any atom is -0.319 e. The van der Waals surface area contributed by atoms with E-state index in [1.807, 2.05) is 13.1 Å². The van der Waals surface area contributed by atoms with Crippen molar-refractivity contribution in [2.75, 3.05) is 13.6 Å². The Bertz CT molecular complexity index is 174. The van der Waals surface area contributed by atoms with Crippen molar-refractivity contribution >= 4 is 0 Å². The lowest BCUT2D eigenvalue weighted by Gasteiger charge is -1.97. The van der Waals surface area contributed by atoms with Crippen molar-refractivity contribution in [1.29, 1.82) is 0 Å². The van der Waals surface area contributed by atoms with Gasteiger partial charge < -0.3 is 5.32 Å². The molecule has 1 nitrogen and oxygen atoms in total. The van der Waals surface area contributed by atoms with Crippen LogP contribution in [0.2, 0.25) is 0 Å². The van der Waals surface area contributed by atoms with Crippen LogP contribution < -0.4 is 5.32 Å². The second-order valence-electron chi connectivity index (χ2n) is 2.34. The van der Waals surface area contributed by atoms with Crippen LogP contribution in [-0.4, -0.2) is 13.6 Å². The third-order valence-corrected chi connectivity index (χ3v) is 1.51. The zero-order chi connectivity index (χ0) is 7.23.